The third-order valence-corrected chi connectivity index (χ3v) is 6.71. The molecular weight excluding hydrogens is 420 g/mol. The largest absolute Gasteiger partial charge is 0.351 e. The van der Waals surface area contributed by atoms with Crippen LogP contribution in [0.3, 0.4) is 0 Å². The van der Waals surface area contributed by atoms with Gasteiger partial charge in [0.15, 0.2) is 0 Å². The van der Waals surface area contributed by atoms with E-state index in [-0.39, 0.29) is 11.9 Å². The third kappa shape index (κ3) is 5.36. The summed E-state index contributed by atoms with van der Waals surface area (Å²) in [7, 11) is 0. The van der Waals surface area contributed by atoms with Crippen molar-refractivity contribution in [1.29, 1.82) is 0 Å². The van der Waals surface area contributed by atoms with Gasteiger partial charge in [0.2, 0.25) is 0 Å². The van der Waals surface area contributed by atoms with Crippen molar-refractivity contribution in [1.82, 2.24) is 4.90 Å². The van der Waals surface area contributed by atoms with Crippen LogP contribution >= 0.6 is 11.3 Å². The van der Waals surface area contributed by atoms with Gasteiger partial charge in [0.25, 0.3) is 5.91 Å². The van der Waals surface area contributed by atoms with Crippen molar-refractivity contribution in [3.05, 3.63) is 82.6 Å². The van der Waals surface area contributed by atoms with Gasteiger partial charge in [-0.05, 0) is 48.4 Å². The number of hydrogen-bond donors (Lipinski definition) is 2. The fraction of sp³-hybridized carbons (Fsp3) is 0.280. The zero-order valence-corrected chi connectivity index (χ0v) is 18.8. The Labute approximate surface area is 192 Å². The molecule has 3 amide bonds. The second-order valence-electron chi connectivity index (χ2n) is 7.97. The number of para-hydroxylation sites is 2. The number of primary amides is 1. The first-order valence-corrected chi connectivity index (χ1v) is 11.8. The van der Waals surface area contributed by atoms with Gasteiger partial charge >= 0.3 is 6.03 Å². The van der Waals surface area contributed by atoms with Gasteiger partial charge in [-0.15, -0.1) is 11.3 Å². The van der Waals surface area contributed by atoms with E-state index in [1.165, 1.54) is 16.9 Å². The van der Waals surface area contributed by atoms with Crippen molar-refractivity contribution < 1.29 is 9.59 Å². The lowest BCUT2D eigenvalue weighted by Gasteiger charge is -2.39. The number of amides is 3. The van der Waals surface area contributed by atoms with Crippen LogP contribution in [0.2, 0.25) is 0 Å². The van der Waals surface area contributed by atoms with Crippen LogP contribution in [0, 0.1) is 0 Å². The minimum Gasteiger partial charge on any atom is -0.351 e. The number of urea groups is 1. The number of benzene rings is 2. The van der Waals surface area contributed by atoms with Crippen molar-refractivity contribution >= 4 is 34.6 Å². The fourth-order valence-corrected chi connectivity index (χ4v) is 4.91. The second kappa shape index (κ2) is 10.4. The van der Waals surface area contributed by atoms with Crippen molar-refractivity contribution in [2.45, 2.75) is 25.3 Å². The number of likely N-dealkylation sites (tertiary alicyclic amines) is 1. The molecule has 7 heteroatoms. The predicted molar refractivity (Wildman–Crippen MR) is 130 cm³/mol. The average Bonchev–Trinajstić information content (AvgIpc) is 3.35. The Bertz CT molecular complexity index is 1030. The van der Waals surface area contributed by atoms with Gasteiger partial charge < -0.3 is 20.9 Å². The number of carbonyl (C=O) groups excluding carboxylic acids is 2. The molecule has 6 nitrogen and oxygen atoms in total. The molecule has 3 N–H and O–H groups in total. The van der Waals surface area contributed by atoms with Crippen LogP contribution in [-0.2, 0) is 6.42 Å². The molecule has 1 fully saturated rings. The van der Waals surface area contributed by atoms with Gasteiger partial charge in [0.05, 0.1) is 16.3 Å². The summed E-state index contributed by atoms with van der Waals surface area (Å²) >= 11 is 1.43. The molecule has 0 saturated carbocycles. The summed E-state index contributed by atoms with van der Waals surface area (Å²) in [6.07, 6.45) is 2.77. The summed E-state index contributed by atoms with van der Waals surface area (Å²) in [5, 5.41) is 4.59. The van der Waals surface area contributed by atoms with Gasteiger partial charge in [-0.3, -0.25) is 4.79 Å². The quantitative estimate of drug-likeness (QED) is 0.555. The van der Waals surface area contributed by atoms with E-state index in [9.17, 15) is 9.59 Å². The van der Waals surface area contributed by atoms with Gasteiger partial charge in [0, 0.05) is 25.7 Å². The fourth-order valence-electron chi connectivity index (χ4n) is 4.25. The normalized spacial score (nSPS) is 14.8. The van der Waals surface area contributed by atoms with E-state index in [4.69, 9.17) is 5.73 Å². The number of nitrogens with one attached hydrogen (secondary N) is 1. The Morgan fingerprint density at radius 2 is 1.72 bits per heavy atom. The lowest BCUT2D eigenvalue weighted by Crippen LogP contribution is -2.48. The van der Waals surface area contributed by atoms with Crippen LogP contribution in [0.15, 0.2) is 72.1 Å². The van der Waals surface area contributed by atoms with E-state index in [0.29, 0.717) is 16.3 Å². The van der Waals surface area contributed by atoms with E-state index in [1.807, 2.05) is 46.7 Å². The zero-order chi connectivity index (χ0) is 22.3. The highest BCUT2D eigenvalue weighted by Crippen LogP contribution is 2.32. The molecule has 2 heterocycles. The lowest BCUT2D eigenvalue weighted by atomic mass is 10.0. The number of nitrogens with two attached hydrogens (primary N) is 1. The molecule has 0 atom stereocenters. The van der Waals surface area contributed by atoms with Crippen LogP contribution in [0.1, 0.15) is 28.1 Å². The molecule has 3 aromatic rings. The van der Waals surface area contributed by atoms with Gasteiger partial charge in [-0.2, -0.15) is 0 Å². The summed E-state index contributed by atoms with van der Waals surface area (Å²) < 4.78 is 0. The summed E-state index contributed by atoms with van der Waals surface area (Å²) in [6.45, 7) is 2.86. The molecule has 1 aliphatic heterocycles. The molecule has 1 aromatic heterocycles. The molecule has 1 aliphatic rings. The Hall–Kier alpha value is -3.16. The topological polar surface area (TPSA) is 78.7 Å². The Kier molecular flexibility index (Phi) is 7.19. The number of thiophene rings is 1. The Balaban J connectivity index is 1.50. The molecule has 2 aromatic carbocycles. The molecule has 166 valence electrons. The first-order valence-electron chi connectivity index (χ1n) is 10.9. The van der Waals surface area contributed by atoms with Crippen LogP contribution in [-0.4, -0.2) is 42.5 Å². The van der Waals surface area contributed by atoms with Crippen LogP contribution in [0.25, 0.3) is 0 Å². The molecule has 1 saturated heterocycles. The maximum atomic E-state index is 13.5. The maximum Gasteiger partial charge on any atom is 0.316 e. The number of nitrogens with zero attached hydrogens (tertiary/aromatic N) is 2. The number of piperidine rings is 1. The van der Waals surface area contributed by atoms with E-state index >= 15 is 0 Å². The van der Waals surface area contributed by atoms with E-state index in [2.05, 4.69) is 34.5 Å². The highest BCUT2D eigenvalue weighted by Gasteiger charge is 2.31. The highest BCUT2D eigenvalue weighted by molar-refractivity contribution is 7.12. The maximum absolute atomic E-state index is 13.5. The highest BCUT2D eigenvalue weighted by atomic mass is 32.1. The molecule has 0 unspecified atom stereocenters. The van der Waals surface area contributed by atoms with E-state index < -0.39 is 6.03 Å². The standard InChI is InChI=1S/C25H28N4O2S/c26-25(31)27-21-9-4-5-10-22(21)29(24(30)23-11-6-18-32-23)20-13-16-28(17-14-20)15-12-19-7-2-1-3-8-19/h1-11,18,20H,12-17H2,(H3,26,27,31). The van der Waals surface area contributed by atoms with Crippen LogP contribution in [0.5, 0.6) is 0 Å². The molecule has 0 aliphatic carbocycles. The third-order valence-electron chi connectivity index (χ3n) is 5.85. The number of carbonyl (C=O) groups is 2. The lowest BCUT2D eigenvalue weighted by molar-refractivity contribution is 0.0964. The van der Waals surface area contributed by atoms with Crippen molar-refractivity contribution in [3.63, 3.8) is 0 Å². The SMILES string of the molecule is NC(=O)Nc1ccccc1N(C(=O)c1cccs1)C1CCN(CCc2ccccc2)CC1. The van der Waals surface area contributed by atoms with Gasteiger partial charge in [-0.25, -0.2) is 4.79 Å². The predicted octanol–water partition coefficient (Wildman–Crippen LogP) is 4.59. The van der Waals surface area contributed by atoms with Gasteiger partial charge in [0.1, 0.15) is 0 Å². The molecule has 32 heavy (non-hydrogen) atoms. The van der Waals surface area contributed by atoms with Crippen LogP contribution < -0.4 is 16.0 Å². The molecule has 0 radical (unpaired) electrons. The summed E-state index contributed by atoms with van der Waals surface area (Å²) in [5.74, 6) is -0.0403. The first-order chi connectivity index (χ1) is 15.6. The summed E-state index contributed by atoms with van der Waals surface area (Å²) in [6, 6.07) is 21.0. The zero-order valence-electron chi connectivity index (χ0n) is 17.9. The van der Waals surface area contributed by atoms with Crippen LogP contribution in [0.4, 0.5) is 16.2 Å². The summed E-state index contributed by atoms with van der Waals surface area (Å²) in [5.41, 5.74) is 7.97. The molecule has 4 rings (SSSR count). The van der Waals surface area contributed by atoms with E-state index in [0.717, 1.165) is 38.9 Å². The molecule has 0 bridgehead atoms. The molecule has 0 spiro atoms. The first kappa shape index (κ1) is 22.0. The number of hydrogen-bond acceptors (Lipinski definition) is 4. The van der Waals surface area contributed by atoms with E-state index in [1.54, 1.807) is 6.07 Å². The van der Waals surface area contributed by atoms with Crippen molar-refractivity contribution in [2.75, 3.05) is 29.9 Å². The summed E-state index contributed by atoms with van der Waals surface area (Å²) in [4.78, 5) is 30.1. The second-order valence-corrected chi connectivity index (χ2v) is 8.91. The minimum absolute atomic E-state index is 0.0403. The van der Waals surface area contributed by atoms with Crippen molar-refractivity contribution in [3.8, 4) is 0 Å². The Morgan fingerprint density at radius 3 is 2.41 bits per heavy atom. The monoisotopic (exact) mass is 448 g/mol. The Morgan fingerprint density at radius 1 is 1.00 bits per heavy atom. The average molecular weight is 449 g/mol. The minimum atomic E-state index is -0.642. The van der Waals surface area contributed by atoms with Gasteiger partial charge in [-0.1, -0.05) is 48.5 Å². The molecular formula is C25H28N4O2S. The van der Waals surface area contributed by atoms with Crippen molar-refractivity contribution in [2.24, 2.45) is 5.73 Å². The number of rotatable bonds is 7. The smallest absolute Gasteiger partial charge is 0.316 e. The number of anilines is 2.